The number of carbonyl (C=O) groups is 1. The lowest BCUT2D eigenvalue weighted by atomic mass is 10.4. The second kappa shape index (κ2) is 4.60. The number of rotatable bonds is 4. The van der Waals surface area contributed by atoms with Crippen LogP contribution in [0.1, 0.15) is 17.4 Å². The Hall–Kier alpha value is -2.44. The van der Waals surface area contributed by atoms with E-state index in [0.29, 0.717) is 5.82 Å². The fourth-order valence-electron chi connectivity index (χ4n) is 1.28. The Bertz CT molecular complexity index is 537. The van der Waals surface area contributed by atoms with Gasteiger partial charge in [-0.25, -0.2) is 9.78 Å². The number of hydrogen-bond acceptors (Lipinski definition) is 5. The molecule has 0 spiro atoms. The van der Waals surface area contributed by atoms with Gasteiger partial charge in [-0.05, 0) is 6.92 Å². The average Bonchev–Trinajstić information content (AvgIpc) is 2.77. The molecule has 0 aliphatic heterocycles. The van der Waals surface area contributed by atoms with E-state index < -0.39 is 5.97 Å². The van der Waals surface area contributed by atoms with Crippen molar-refractivity contribution >= 4 is 17.5 Å². The third kappa shape index (κ3) is 2.57. The van der Waals surface area contributed by atoms with Crippen molar-refractivity contribution in [3.63, 3.8) is 0 Å². The molecule has 2 aromatic heterocycles. The highest BCUT2D eigenvalue weighted by Gasteiger charge is 2.06. The van der Waals surface area contributed by atoms with Crippen LogP contribution in [0.2, 0.25) is 0 Å². The molecule has 0 saturated carbocycles. The first-order valence-corrected chi connectivity index (χ1v) is 5.04. The number of carboxylic acids is 1. The molecule has 0 atom stereocenters. The van der Waals surface area contributed by atoms with Gasteiger partial charge in [-0.3, -0.25) is 9.67 Å². The summed E-state index contributed by atoms with van der Waals surface area (Å²) in [6, 6.07) is 0. The second-order valence-electron chi connectivity index (χ2n) is 3.30. The first-order chi connectivity index (χ1) is 8.19. The predicted molar refractivity (Wildman–Crippen MR) is 60.2 cm³/mol. The number of aromatic nitrogens is 4. The Balaban J connectivity index is 2.18. The van der Waals surface area contributed by atoms with Crippen molar-refractivity contribution in [2.75, 3.05) is 5.32 Å². The molecule has 2 aromatic rings. The van der Waals surface area contributed by atoms with Gasteiger partial charge in [-0.15, -0.1) is 0 Å². The molecule has 0 amide bonds. The second-order valence-corrected chi connectivity index (χ2v) is 3.30. The fourth-order valence-corrected chi connectivity index (χ4v) is 1.28. The van der Waals surface area contributed by atoms with E-state index in [1.54, 1.807) is 17.1 Å². The molecule has 0 aromatic carbocycles. The van der Waals surface area contributed by atoms with Crippen LogP contribution in [0.4, 0.5) is 11.5 Å². The third-order valence-corrected chi connectivity index (χ3v) is 2.08. The van der Waals surface area contributed by atoms with Crippen LogP contribution >= 0.6 is 0 Å². The van der Waals surface area contributed by atoms with Crippen LogP contribution in [0.15, 0.2) is 24.8 Å². The van der Waals surface area contributed by atoms with Crippen LogP contribution < -0.4 is 5.32 Å². The van der Waals surface area contributed by atoms with E-state index in [2.05, 4.69) is 20.4 Å². The predicted octanol–water partition coefficient (Wildman–Crippen LogP) is 1.13. The molecule has 7 heteroatoms. The minimum Gasteiger partial charge on any atom is -0.476 e. The minimum atomic E-state index is -1.11. The summed E-state index contributed by atoms with van der Waals surface area (Å²) in [6.07, 6.45) is 6.09. The van der Waals surface area contributed by atoms with Gasteiger partial charge in [-0.2, -0.15) is 5.10 Å². The minimum absolute atomic E-state index is 0.0992. The van der Waals surface area contributed by atoms with Crippen LogP contribution in [0.5, 0.6) is 0 Å². The van der Waals surface area contributed by atoms with Crippen molar-refractivity contribution < 1.29 is 9.90 Å². The molecular weight excluding hydrogens is 222 g/mol. The summed E-state index contributed by atoms with van der Waals surface area (Å²) in [6.45, 7) is 2.74. The molecule has 0 aliphatic rings. The van der Waals surface area contributed by atoms with Gasteiger partial charge < -0.3 is 10.4 Å². The molecule has 2 N–H and O–H groups in total. The van der Waals surface area contributed by atoms with Gasteiger partial charge in [0.05, 0.1) is 24.3 Å². The Labute approximate surface area is 97.1 Å². The molecule has 0 unspecified atom stereocenters. The van der Waals surface area contributed by atoms with Crippen LogP contribution in [0, 0.1) is 0 Å². The first-order valence-electron chi connectivity index (χ1n) is 5.04. The van der Waals surface area contributed by atoms with Gasteiger partial charge in [0.1, 0.15) is 5.82 Å². The summed E-state index contributed by atoms with van der Waals surface area (Å²) in [7, 11) is 0. The lowest BCUT2D eigenvalue weighted by Crippen LogP contribution is -2.03. The van der Waals surface area contributed by atoms with Crippen molar-refractivity contribution in [3.8, 4) is 0 Å². The third-order valence-electron chi connectivity index (χ3n) is 2.08. The van der Waals surface area contributed by atoms with Crippen LogP contribution in [0.25, 0.3) is 0 Å². The van der Waals surface area contributed by atoms with Gasteiger partial charge >= 0.3 is 5.97 Å². The normalized spacial score (nSPS) is 10.2. The van der Waals surface area contributed by atoms with Gasteiger partial charge in [0.15, 0.2) is 5.69 Å². The van der Waals surface area contributed by atoms with E-state index in [1.165, 1.54) is 12.4 Å². The summed E-state index contributed by atoms with van der Waals surface area (Å²) < 4.78 is 1.75. The monoisotopic (exact) mass is 233 g/mol. The molecule has 0 bridgehead atoms. The van der Waals surface area contributed by atoms with Gasteiger partial charge in [-0.1, -0.05) is 0 Å². The van der Waals surface area contributed by atoms with E-state index in [1.807, 2.05) is 6.92 Å². The number of anilines is 2. The van der Waals surface area contributed by atoms with Crippen molar-refractivity contribution in [2.45, 2.75) is 13.5 Å². The Morgan fingerprint density at radius 1 is 1.47 bits per heavy atom. The van der Waals surface area contributed by atoms with E-state index in [4.69, 9.17) is 5.11 Å². The quantitative estimate of drug-likeness (QED) is 0.822. The molecule has 7 nitrogen and oxygen atoms in total. The smallest absolute Gasteiger partial charge is 0.356 e. The molecule has 0 aliphatic carbocycles. The Morgan fingerprint density at radius 2 is 2.29 bits per heavy atom. The van der Waals surface area contributed by atoms with Gasteiger partial charge in [0, 0.05) is 12.7 Å². The SMILES string of the molecule is CCn1cc(Nc2cncc(C(=O)O)n2)cn1. The fraction of sp³-hybridized carbons (Fsp3) is 0.200. The summed E-state index contributed by atoms with van der Waals surface area (Å²) in [4.78, 5) is 18.4. The molecular formula is C10H11N5O2. The highest BCUT2D eigenvalue weighted by atomic mass is 16.4. The summed E-state index contributed by atoms with van der Waals surface area (Å²) in [5, 5.41) is 15.8. The zero-order valence-corrected chi connectivity index (χ0v) is 9.16. The lowest BCUT2D eigenvalue weighted by Gasteiger charge is -2.02. The summed E-state index contributed by atoms with van der Waals surface area (Å²) in [5.74, 6) is -0.731. The number of hydrogen-bond donors (Lipinski definition) is 2. The standard InChI is InChI=1S/C10H11N5O2/c1-2-15-6-7(3-12-15)13-9-5-11-4-8(14-9)10(16)17/h3-6H,2H2,1H3,(H,13,14)(H,16,17). The summed E-state index contributed by atoms with van der Waals surface area (Å²) >= 11 is 0. The van der Waals surface area contributed by atoms with Crippen molar-refractivity contribution in [3.05, 3.63) is 30.5 Å². The van der Waals surface area contributed by atoms with Crippen molar-refractivity contribution in [1.82, 2.24) is 19.7 Å². The Kier molecular flexibility index (Phi) is 2.99. The number of nitrogens with one attached hydrogen (secondary N) is 1. The van der Waals surface area contributed by atoms with E-state index in [0.717, 1.165) is 12.2 Å². The zero-order valence-electron chi connectivity index (χ0n) is 9.16. The van der Waals surface area contributed by atoms with Crippen LogP contribution in [-0.2, 0) is 6.54 Å². The number of carboxylic acid groups (broad SMARTS) is 1. The zero-order chi connectivity index (χ0) is 12.3. The highest BCUT2D eigenvalue weighted by molar-refractivity contribution is 5.85. The molecule has 2 heterocycles. The van der Waals surface area contributed by atoms with Gasteiger partial charge in [0.25, 0.3) is 0 Å². The molecule has 0 saturated heterocycles. The maximum Gasteiger partial charge on any atom is 0.356 e. The van der Waals surface area contributed by atoms with Gasteiger partial charge in [0.2, 0.25) is 0 Å². The van der Waals surface area contributed by atoms with Crippen molar-refractivity contribution in [2.24, 2.45) is 0 Å². The lowest BCUT2D eigenvalue weighted by molar-refractivity contribution is 0.0690. The number of aromatic carboxylic acids is 1. The maximum absolute atomic E-state index is 10.7. The van der Waals surface area contributed by atoms with Crippen molar-refractivity contribution in [1.29, 1.82) is 0 Å². The first kappa shape index (κ1) is 11.1. The Morgan fingerprint density at radius 3 is 2.94 bits per heavy atom. The van der Waals surface area contributed by atoms with E-state index in [9.17, 15) is 4.79 Å². The molecule has 0 fully saturated rings. The van der Waals surface area contributed by atoms with Crippen LogP contribution in [-0.4, -0.2) is 30.8 Å². The highest BCUT2D eigenvalue weighted by Crippen LogP contribution is 2.12. The average molecular weight is 233 g/mol. The molecule has 88 valence electrons. The number of aryl methyl sites for hydroxylation is 1. The van der Waals surface area contributed by atoms with Crippen LogP contribution in [0.3, 0.4) is 0 Å². The molecule has 0 radical (unpaired) electrons. The maximum atomic E-state index is 10.7. The van der Waals surface area contributed by atoms with E-state index in [-0.39, 0.29) is 5.69 Å². The molecule has 2 rings (SSSR count). The molecule has 17 heavy (non-hydrogen) atoms. The summed E-state index contributed by atoms with van der Waals surface area (Å²) in [5.41, 5.74) is 0.640. The largest absolute Gasteiger partial charge is 0.476 e. The van der Waals surface area contributed by atoms with E-state index >= 15 is 0 Å². The topological polar surface area (TPSA) is 92.9 Å². The number of nitrogens with zero attached hydrogens (tertiary/aromatic N) is 4.